The predicted molar refractivity (Wildman–Crippen MR) is 71.8 cm³/mol. The first-order valence-corrected chi connectivity index (χ1v) is 6.11. The molecular weight excluding hydrogens is 242 g/mol. The summed E-state index contributed by atoms with van der Waals surface area (Å²) in [5.74, 6) is 0.631. The zero-order valence-corrected chi connectivity index (χ0v) is 11.0. The molecule has 4 heteroatoms. The van der Waals surface area contributed by atoms with Crippen LogP contribution in [0.2, 0.25) is 0 Å². The second kappa shape index (κ2) is 5.71. The zero-order valence-electron chi connectivity index (χ0n) is 11.0. The Kier molecular flexibility index (Phi) is 4.02. The maximum absolute atomic E-state index is 11.6. The minimum absolute atomic E-state index is 0.254. The Bertz CT molecular complexity index is 569. The number of aliphatic hydroxyl groups excluding tert-OH is 1. The molecule has 1 unspecified atom stereocenters. The molecule has 2 rings (SSSR count). The van der Waals surface area contributed by atoms with Crippen LogP contribution in [0, 0.1) is 12.1 Å². The van der Waals surface area contributed by atoms with Crippen LogP contribution in [0.4, 0.5) is 0 Å². The van der Waals surface area contributed by atoms with Gasteiger partial charge in [0, 0.05) is 17.7 Å². The molecule has 0 amide bonds. The number of ether oxygens (including phenoxy) is 1. The largest absolute Gasteiger partial charge is 0.619 e. The van der Waals surface area contributed by atoms with Crippen molar-refractivity contribution in [3.05, 3.63) is 64.6 Å². The molecule has 100 valence electrons. The number of hydrogen-bond donors (Lipinski definition) is 1. The minimum Gasteiger partial charge on any atom is -0.619 e. The second-order valence-corrected chi connectivity index (χ2v) is 4.48. The summed E-state index contributed by atoms with van der Waals surface area (Å²) >= 11 is 0. The first kappa shape index (κ1) is 13.4. The molecule has 0 fully saturated rings. The Labute approximate surface area is 112 Å². The van der Waals surface area contributed by atoms with Gasteiger partial charge in [-0.15, -0.1) is 0 Å². The van der Waals surface area contributed by atoms with Gasteiger partial charge in [-0.1, -0.05) is 17.7 Å². The fraction of sp³-hybridized carbons (Fsp3) is 0.267. The molecular formula is C15H17NO3. The number of benzene rings is 1. The molecule has 4 nitrogen and oxygen atoms in total. The Morgan fingerprint density at radius 1 is 1.32 bits per heavy atom. The Hall–Kier alpha value is -2.07. The SMILES string of the molecule is COc1ccc(C)cc1C(O)Cc1cccc[n+]1[O-]. The highest BCUT2D eigenvalue weighted by Gasteiger charge is 2.17. The van der Waals surface area contributed by atoms with E-state index in [2.05, 4.69) is 0 Å². The molecule has 0 spiro atoms. The van der Waals surface area contributed by atoms with Gasteiger partial charge in [0.1, 0.15) is 5.75 Å². The van der Waals surface area contributed by atoms with Crippen molar-refractivity contribution < 1.29 is 14.6 Å². The predicted octanol–water partition coefficient (Wildman–Crippen LogP) is 1.91. The van der Waals surface area contributed by atoms with Crippen molar-refractivity contribution in [1.82, 2.24) is 0 Å². The van der Waals surface area contributed by atoms with Gasteiger partial charge >= 0.3 is 0 Å². The van der Waals surface area contributed by atoms with Gasteiger partial charge in [0.15, 0.2) is 11.9 Å². The van der Waals surface area contributed by atoms with Gasteiger partial charge in [-0.3, -0.25) is 0 Å². The lowest BCUT2D eigenvalue weighted by molar-refractivity contribution is -0.614. The molecule has 1 aromatic carbocycles. The third-order valence-electron chi connectivity index (χ3n) is 3.05. The topological polar surface area (TPSA) is 56.4 Å². The summed E-state index contributed by atoms with van der Waals surface area (Å²) in [4.78, 5) is 0. The monoisotopic (exact) mass is 259 g/mol. The smallest absolute Gasteiger partial charge is 0.195 e. The van der Waals surface area contributed by atoms with Gasteiger partial charge in [-0.25, -0.2) is 0 Å². The third-order valence-corrected chi connectivity index (χ3v) is 3.05. The van der Waals surface area contributed by atoms with Gasteiger partial charge in [0.25, 0.3) is 0 Å². The van der Waals surface area contributed by atoms with Crippen molar-refractivity contribution in [1.29, 1.82) is 0 Å². The average molecular weight is 259 g/mol. The van der Waals surface area contributed by atoms with Crippen LogP contribution < -0.4 is 9.47 Å². The van der Waals surface area contributed by atoms with Crippen LogP contribution in [0.15, 0.2) is 42.6 Å². The molecule has 19 heavy (non-hydrogen) atoms. The van der Waals surface area contributed by atoms with E-state index < -0.39 is 6.10 Å². The molecule has 0 aliphatic heterocycles. The molecule has 1 heterocycles. The number of aliphatic hydroxyl groups is 1. The third kappa shape index (κ3) is 3.03. The molecule has 0 aliphatic carbocycles. The number of hydrogen-bond acceptors (Lipinski definition) is 3. The van der Waals surface area contributed by atoms with E-state index in [1.54, 1.807) is 25.3 Å². The Balaban J connectivity index is 2.27. The van der Waals surface area contributed by atoms with E-state index in [0.29, 0.717) is 17.0 Å². The average Bonchev–Trinajstić information content (AvgIpc) is 2.41. The molecule has 1 atom stereocenters. The normalized spacial score (nSPS) is 12.2. The molecule has 1 N–H and O–H groups in total. The zero-order chi connectivity index (χ0) is 13.8. The van der Waals surface area contributed by atoms with E-state index in [9.17, 15) is 10.3 Å². The van der Waals surface area contributed by atoms with Crippen molar-refractivity contribution >= 4 is 0 Å². The van der Waals surface area contributed by atoms with Crippen LogP contribution in [0.25, 0.3) is 0 Å². The van der Waals surface area contributed by atoms with Gasteiger partial charge in [-0.05, 0) is 19.1 Å². The van der Waals surface area contributed by atoms with Crippen molar-refractivity contribution in [3.63, 3.8) is 0 Å². The summed E-state index contributed by atoms with van der Waals surface area (Å²) in [6, 6.07) is 10.8. The first-order valence-electron chi connectivity index (χ1n) is 6.11. The molecule has 0 bridgehead atoms. The second-order valence-electron chi connectivity index (χ2n) is 4.48. The Morgan fingerprint density at radius 3 is 2.79 bits per heavy atom. The van der Waals surface area contributed by atoms with E-state index in [4.69, 9.17) is 4.74 Å². The maximum atomic E-state index is 11.6. The van der Waals surface area contributed by atoms with Crippen molar-refractivity contribution in [3.8, 4) is 5.75 Å². The van der Waals surface area contributed by atoms with Crippen LogP contribution in [0.3, 0.4) is 0 Å². The lowest BCUT2D eigenvalue weighted by Gasteiger charge is -2.15. The van der Waals surface area contributed by atoms with Crippen LogP contribution >= 0.6 is 0 Å². The number of aromatic nitrogens is 1. The number of aryl methyl sites for hydroxylation is 1. The highest BCUT2D eigenvalue weighted by atomic mass is 16.5. The van der Waals surface area contributed by atoms with E-state index in [-0.39, 0.29) is 6.42 Å². The molecule has 0 saturated heterocycles. The van der Waals surface area contributed by atoms with Crippen molar-refractivity contribution in [2.75, 3.05) is 7.11 Å². The van der Waals surface area contributed by atoms with E-state index in [1.165, 1.54) is 6.20 Å². The maximum Gasteiger partial charge on any atom is 0.195 e. The highest BCUT2D eigenvalue weighted by Crippen LogP contribution is 2.27. The standard InChI is InChI=1S/C15H17NO3/c1-11-6-7-15(19-2)13(9-11)14(17)10-12-5-3-4-8-16(12)18/h3-9,14,17H,10H2,1-2H3. The van der Waals surface area contributed by atoms with E-state index in [0.717, 1.165) is 10.3 Å². The number of nitrogens with zero attached hydrogens (tertiary/aromatic N) is 1. The quantitative estimate of drug-likeness (QED) is 0.674. The molecule has 2 aromatic rings. The van der Waals surface area contributed by atoms with Crippen LogP contribution in [0.5, 0.6) is 5.75 Å². The fourth-order valence-corrected chi connectivity index (χ4v) is 2.04. The minimum atomic E-state index is -0.766. The molecule has 1 aromatic heterocycles. The number of methoxy groups -OCH3 is 1. The summed E-state index contributed by atoms with van der Waals surface area (Å²) in [7, 11) is 1.57. The van der Waals surface area contributed by atoms with Gasteiger partial charge in [-0.2, -0.15) is 4.73 Å². The molecule has 0 aliphatic rings. The fourth-order valence-electron chi connectivity index (χ4n) is 2.04. The Morgan fingerprint density at radius 2 is 2.11 bits per heavy atom. The van der Waals surface area contributed by atoms with Crippen LogP contribution in [-0.4, -0.2) is 12.2 Å². The lowest BCUT2D eigenvalue weighted by Crippen LogP contribution is -2.31. The highest BCUT2D eigenvalue weighted by molar-refractivity contribution is 5.38. The van der Waals surface area contributed by atoms with Gasteiger partial charge in [0.2, 0.25) is 0 Å². The molecule has 0 radical (unpaired) electrons. The number of pyridine rings is 1. The molecule has 0 saturated carbocycles. The van der Waals surface area contributed by atoms with Crippen molar-refractivity contribution in [2.45, 2.75) is 19.4 Å². The summed E-state index contributed by atoms with van der Waals surface area (Å²) in [6.07, 6.45) is 0.914. The summed E-state index contributed by atoms with van der Waals surface area (Å²) in [5.41, 5.74) is 2.27. The first-order chi connectivity index (χ1) is 9.11. The summed E-state index contributed by atoms with van der Waals surface area (Å²) < 4.78 is 6.01. The van der Waals surface area contributed by atoms with Crippen molar-refractivity contribution in [2.24, 2.45) is 0 Å². The van der Waals surface area contributed by atoms with Gasteiger partial charge < -0.3 is 15.1 Å². The van der Waals surface area contributed by atoms with Gasteiger partial charge in [0.05, 0.1) is 19.6 Å². The summed E-state index contributed by atoms with van der Waals surface area (Å²) in [6.45, 7) is 1.95. The van der Waals surface area contributed by atoms with Crippen LogP contribution in [-0.2, 0) is 6.42 Å². The number of rotatable bonds is 4. The van der Waals surface area contributed by atoms with E-state index in [1.807, 2.05) is 25.1 Å². The van der Waals surface area contributed by atoms with Crippen LogP contribution in [0.1, 0.15) is 22.9 Å². The van der Waals surface area contributed by atoms with E-state index >= 15 is 0 Å². The summed E-state index contributed by atoms with van der Waals surface area (Å²) in [5, 5.41) is 21.9. The lowest BCUT2D eigenvalue weighted by atomic mass is 10.0.